The molecule has 0 N–H and O–H groups in total. The molecule has 0 saturated carbocycles. The van der Waals surface area contributed by atoms with E-state index in [0.29, 0.717) is 12.2 Å². The third-order valence-corrected chi connectivity index (χ3v) is 4.33. The number of benzene rings is 2. The second-order valence-corrected chi connectivity index (χ2v) is 7.37. The molecule has 0 bridgehead atoms. The third kappa shape index (κ3) is 6.12. The summed E-state index contributed by atoms with van der Waals surface area (Å²) < 4.78 is 5.65. The molecule has 0 aliphatic rings. The lowest BCUT2D eigenvalue weighted by atomic mass is 10.2. The van der Waals surface area contributed by atoms with Gasteiger partial charge in [0.1, 0.15) is 12.3 Å². The summed E-state index contributed by atoms with van der Waals surface area (Å²) in [6, 6.07) is 17.2. The van der Waals surface area contributed by atoms with Gasteiger partial charge in [-0.1, -0.05) is 30.3 Å². The van der Waals surface area contributed by atoms with Crippen molar-refractivity contribution in [1.29, 1.82) is 0 Å². The van der Waals surface area contributed by atoms with E-state index < -0.39 is 0 Å². The van der Waals surface area contributed by atoms with Crippen LogP contribution >= 0.6 is 0 Å². The first-order valence-corrected chi connectivity index (χ1v) is 9.66. The highest BCUT2D eigenvalue weighted by Crippen LogP contribution is 2.21. The zero-order valence-electron chi connectivity index (χ0n) is 17.4. The molecule has 0 aromatic heterocycles. The van der Waals surface area contributed by atoms with Crippen molar-refractivity contribution in [3.8, 4) is 5.75 Å². The molecule has 0 aliphatic carbocycles. The number of ether oxygens (including phenoxy) is 1. The second-order valence-electron chi connectivity index (χ2n) is 7.37. The monoisotopic (exact) mass is 382 g/mol. The fraction of sp³-hybridized carbons (Fsp3) is 0.391. The Bertz CT molecular complexity index is 770. The molecule has 0 radical (unpaired) electrons. The topological polar surface area (TPSA) is 49.9 Å². The summed E-state index contributed by atoms with van der Waals surface area (Å²) >= 11 is 0. The van der Waals surface area contributed by atoms with Crippen molar-refractivity contribution in [2.45, 2.75) is 53.3 Å². The molecule has 5 nitrogen and oxygen atoms in total. The molecule has 0 saturated heterocycles. The molecule has 2 aromatic carbocycles. The average molecular weight is 383 g/mol. The zero-order valence-corrected chi connectivity index (χ0v) is 17.4. The standard InChI is InChI=1S/C23H30N2O3/c1-17(2)24(15-20-9-7-6-8-10-20)23(27)16-25(19(5)26)21-11-13-22(14-12-21)28-18(3)4/h6-14,17-18H,15-16H2,1-5H3. The average Bonchev–Trinajstić information content (AvgIpc) is 2.64. The lowest BCUT2D eigenvalue weighted by Gasteiger charge is -2.30. The van der Waals surface area contributed by atoms with Gasteiger partial charge in [0, 0.05) is 25.2 Å². The minimum absolute atomic E-state index is 0.00469. The fourth-order valence-corrected chi connectivity index (χ4v) is 2.93. The van der Waals surface area contributed by atoms with E-state index in [1.807, 2.05) is 82.3 Å². The summed E-state index contributed by atoms with van der Waals surface area (Å²) in [6.07, 6.45) is 0.0777. The Balaban J connectivity index is 2.15. The van der Waals surface area contributed by atoms with Crippen molar-refractivity contribution in [3.63, 3.8) is 0 Å². The molecule has 0 heterocycles. The van der Waals surface area contributed by atoms with Crippen LogP contribution in [0.2, 0.25) is 0 Å². The third-order valence-electron chi connectivity index (χ3n) is 4.33. The van der Waals surface area contributed by atoms with Gasteiger partial charge in [0.15, 0.2) is 0 Å². The van der Waals surface area contributed by atoms with Crippen molar-refractivity contribution in [1.82, 2.24) is 4.90 Å². The van der Waals surface area contributed by atoms with Crippen molar-refractivity contribution < 1.29 is 14.3 Å². The van der Waals surface area contributed by atoms with Crippen LogP contribution in [-0.2, 0) is 16.1 Å². The smallest absolute Gasteiger partial charge is 0.243 e. The summed E-state index contributed by atoms with van der Waals surface area (Å²) in [7, 11) is 0. The maximum Gasteiger partial charge on any atom is 0.243 e. The first-order valence-electron chi connectivity index (χ1n) is 9.66. The number of carbonyl (C=O) groups excluding carboxylic acids is 2. The van der Waals surface area contributed by atoms with Gasteiger partial charge in [-0.3, -0.25) is 9.59 Å². The molecular weight excluding hydrogens is 352 g/mol. The van der Waals surface area contributed by atoms with Gasteiger partial charge in [0.25, 0.3) is 0 Å². The lowest BCUT2D eigenvalue weighted by molar-refractivity contribution is -0.133. The van der Waals surface area contributed by atoms with Gasteiger partial charge in [-0.25, -0.2) is 0 Å². The first-order chi connectivity index (χ1) is 13.3. The molecule has 28 heavy (non-hydrogen) atoms. The van der Waals surface area contributed by atoms with Crippen LogP contribution in [0.15, 0.2) is 54.6 Å². The first kappa shape index (κ1) is 21.5. The number of carbonyl (C=O) groups is 2. The Morgan fingerprint density at radius 3 is 2.04 bits per heavy atom. The minimum Gasteiger partial charge on any atom is -0.491 e. The highest BCUT2D eigenvalue weighted by atomic mass is 16.5. The molecule has 2 rings (SSSR count). The van der Waals surface area contributed by atoms with Gasteiger partial charge in [-0.15, -0.1) is 0 Å². The van der Waals surface area contributed by atoms with Gasteiger partial charge in [0.05, 0.1) is 6.10 Å². The van der Waals surface area contributed by atoms with Crippen LogP contribution in [0.4, 0.5) is 5.69 Å². The molecule has 0 spiro atoms. The Labute approximate surface area is 167 Å². The van der Waals surface area contributed by atoms with E-state index in [-0.39, 0.29) is 30.5 Å². The molecule has 0 atom stereocenters. The van der Waals surface area contributed by atoms with Gasteiger partial charge in [0.2, 0.25) is 11.8 Å². The molecule has 150 valence electrons. The van der Waals surface area contributed by atoms with Crippen LogP contribution < -0.4 is 9.64 Å². The summed E-state index contributed by atoms with van der Waals surface area (Å²) in [6.45, 7) is 9.88. The van der Waals surface area contributed by atoms with Gasteiger partial charge >= 0.3 is 0 Å². The number of amides is 2. The summed E-state index contributed by atoms with van der Waals surface area (Å²) in [5, 5.41) is 0. The quantitative estimate of drug-likeness (QED) is 0.685. The van der Waals surface area contributed by atoms with E-state index in [9.17, 15) is 9.59 Å². The van der Waals surface area contributed by atoms with E-state index in [4.69, 9.17) is 4.74 Å². The summed E-state index contributed by atoms with van der Waals surface area (Å²) in [5.41, 5.74) is 1.74. The zero-order chi connectivity index (χ0) is 20.7. The number of hydrogen-bond donors (Lipinski definition) is 0. The van der Waals surface area contributed by atoms with Crippen molar-refractivity contribution in [2.75, 3.05) is 11.4 Å². The number of rotatable bonds is 8. The SMILES string of the molecule is CC(=O)N(CC(=O)N(Cc1ccccc1)C(C)C)c1ccc(OC(C)C)cc1. The maximum atomic E-state index is 13.0. The van der Waals surface area contributed by atoms with Crippen LogP contribution in [-0.4, -0.2) is 35.4 Å². The van der Waals surface area contributed by atoms with Crippen LogP contribution in [0.25, 0.3) is 0 Å². The van der Waals surface area contributed by atoms with Crippen LogP contribution in [0.3, 0.4) is 0 Å². The Kier molecular flexibility index (Phi) is 7.61. The predicted octanol–water partition coefficient (Wildman–Crippen LogP) is 4.26. The van der Waals surface area contributed by atoms with E-state index in [0.717, 1.165) is 11.3 Å². The van der Waals surface area contributed by atoms with Gasteiger partial charge in [-0.05, 0) is 57.5 Å². The van der Waals surface area contributed by atoms with Crippen molar-refractivity contribution in [3.05, 3.63) is 60.2 Å². The number of nitrogens with zero attached hydrogens (tertiary/aromatic N) is 2. The lowest BCUT2D eigenvalue weighted by Crippen LogP contribution is -2.44. The maximum absolute atomic E-state index is 13.0. The molecule has 2 aromatic rings. The summed E-state index contributed by atoms with van der Waals surface area (Å²) in [4.78, 5) is 28.5. The van der Waals surface area contributed by atoms with E-state index in [2.05, 4.69) is 0 Å². The number of anilines is 1. The molecular formula is C23H30N2O3. The molecule has 2 amide bonds. The largest absolute Gasteiger partial charge is 0.491 e. The Hall–Kier alpha value is -2.82. The summed E-state index contributed by atoms with van der Waals surface area (Å²) in [5.74, 6) is 0.479. The Morgan fingerprint density at radius 2 is 1.54 bits per heavy atom. The predicted molar refractivity (Wildman–Crippen MR) is 112 cm³/mol. The molecule has 0 unspecified atom stereocenters. The Morgan fingerprint density at radius 1 is 0.929 bits per heavy atom. The van der Waals surface area contributed by atoms with E-state index in [1.165, 1.54) is 11.8 Å². The molecule has 0 aliphatic heterocycles. The minimum atomic E-state index is -0.172. The normalized spacial score (nSPS) is 10.8. The highest BCUT2D eigenvalue weighted by Gasteiger charge is 2.22. The van der Waals surface area contributed by atoms with E-state index >= 15 is 0 Å². The van der Waals surface area contributed by atoms with Crippen LogP contribution in [0.1, 0.15) is 40.2 Å². The van der Waals surface area contributed by atoms with Crippen molar-refractivity contribution in [2.24, 2.45) is 0 Å². The van der Waals surface area contributed by atoms with E-state index in [1.54, 1.807) is 4.90 Å². The van der Waals surface area contributed by atoms with Gasteiger partial charge in [-0.2, -0.15) is 0 Å². The molecule has 0 fully saturated rings. The number of hydrogen-bond acceptors (Lipinski definition) is 3. The van der Waals surface area contributed by atoms with Gasteiger partial charge < -0.3 is 14.5 Å². The second kappa shape index (κ2) is 9.93. The van der Waals surface area contributed by atoms with Crippen LogP contribution in [0.5, 0.6) is 5.75 Å². The van der Waals surface area contributed by atoms with Crippen LogP contribution in [0, 0.1) is 0 Å². The highest BCUT2D eigenvalue weighted by molar-refractivity contribution is 5.97. The fourth-order valence-electron chi connectivity index (χ4n) is 2.93. The molecule has 5 heteroatoms. The van der Waals surface area contributed by atoms with Crippen molar-refractivity contribution >= 4 is 17.5 Å².